The molecule has 4 rings (SSSR count). The van der Waals surface area contributed by atoms with Crippen molar-refractivity contribution in [2.24, 2.45) is 0 Å². The van der Waals surface area contributed by atoms with Crippen molar-refractivity contribution < 1.29 is 14.3 Å². The summed E-state index contributed by atoms with van der Waals surface area (Å²) in [6.45, 7) is 6.48. The van der Waals surface area contributed by atoms with Gasteiger partial charge in [0.15, 0.2) is 12.3 Å². The summed E-state index contributed by atoms with van der Waals surface area (Å²) >= 11 is 0. The van der Waals surface area contributed by atoms with Crippen LogP contribution in [0.3, 0.4) is 0 Å². The van der Waals surface area contributed by atoms with Crippen molar-refractivity contribution in [2.75, 3.05) is 13.2 Å². The van der Waals surface area contributed by atoms with Crippen LogP contribution in [0.15, 0.2) is 36.5 Å². The van der Waals surface area contributed by atoms with Gasteiger partial charge < -0.3 is 15.4 Å². The topological polar surface area (TPSA) is 98.1 Å². The summed E-state index contributed by atoms with van der Waals surface area (Å²) in [4.78, 5) is 29.0. The Morgan fingerprint density at radius 1 is 1.22 bits per heavy atom. The maximum absolute atomic E-state index is 12.7. The third kappa shape index (κ3) is 5.25. The summed E-state index contributed by atoms with van der Waals surface area (Å²) < 4.78 is 7.38. The molecule has 2 heterocycles. The molecule has 2 N–H and O–H groups in total. The largest absolute Gasteiger partial charge is 0.484 e. The molecule has 2 aromatic heterocycles. The van der Waals surface area contributed by atoms with Gasteiger partial charge in [0, 0.05) is 24.0 Å². The molecule has 1 saturated carbocycles. The molecule has 0 radical (unpaired) electrons. The first kappa shape index (κ1) is 21.8. The number of aryl methyl sites for hydroxylation is 1. The Balaban J connectivity index is 1.28. The molecule has 0 unspecified atom stereocenters. The highest BCUT2D eigenvalue weighted by molar-refractivity contribution is 5.98. The molecule has 0 aliphatic heterocycles. The predicted octanol–water partition coefficient (Wildman–Crippen LogP) is 2.95. The highest BCUT2D eigenvalue weighted by Crippen LogP contribution is 2.20. The monoisotopic (exact) mass is 435 g/mol. The van der Waals surface area contributed by atoms with Crippen LogP contribution in [0, 0.1) is 6.92 Å². The minimum absolute atomic E-state index is 0.0275. The van der Waals surface area contributed by atoms with Crippen molar-refractivity contribution in [1.29, 1.82) is 0 Å². The third-order valence-electron chi connectivity index (χ3n) is 5.43. The van der Waals surface area contributed by atoms with E-state index in [2.05, 4.69) is 34.6 Å². The van der Waals surface area contributed by atoms with E-state index in [1.165, 1.54) is 0 Å². The molecule has 0 saturated heterocycles. The smallest absolute Gasteiger partial charge is 0.258 e. The number of rotatable bonds is 9. The molecule has 32 heavy (non-hydrogen) atoms. The quantitative estimate of drug-likeness (QED) is 0.539. The van der Waals surface area contributed by atoms with E-state index in [-0.39, 0.29) is 24.5 Å². The van der Waals surface area contributed by atoms with E-state index >= 15 is 0 Å². The number of hydrogen-bond donors (Lipinski definition) is 2. The van der Waals surface area contributed by atoms with E-state index in [1.807, 2.05) is 41.9 Å². The fraction of sp³-hybridized carbons (Fsp3) is 0.417. The molecule has 0 atom stereocenters. The zero-order valence-corrected chi connectivity index (χ0v) is 18.7. The Morgan fingerprint density at radius 2 is 1.97 bits per heavy atom. The standard InChI is InChI=1S/C24H29N5O3/c1-15(2)29-23-18(13-26-29)12-21(16(3)27-23)24(31)25-11-10-17-4-8-20(9-5-17)32-14-22(30)28-19-6-7-19/h4-5,8-9,12-13,15,19H,6-7,10-11,14H2,1-3H3,(H,25,31)(H,28,30). The molecule has 0 spiro atoms. The van der Waals surface area contributed by atoms with Crippen LogP contribution in [0.25, 0.3) is 11.0 Å². The lowest BCUT2D eigenvalue weighted by Gasteiger charge is -2.10. The Hall–Kier alpha value is -3.42. The van der Waals surface area contributed by atoms with Crippen molar-refractivity contribution in [1.82, 2.24) is 25.4 Å². The second-order valence-electron chi connectivity index (χ2n) is 8.50. The number of ether oxygens (including phenoxy) is 1. The molecule has 1 fully saturated rings. The Labute approximate surface area is 187 Å². The van der Waals surface area contributed by atoms with E-state index in [4.69, 9.17) is 4.74 Å². The Bertz CT molecular complexity index is 1120. The lowest BCUT2D eigenvalue weighted by molar-refractivity contribution is -0.123. The van der Waals surface area contributed by atoms with Crippen LogP contribution in [0.2, 0.25) is 0 Å². The number of amides is 2. The van der Waals surface area contributed by atoms with Crippen molar-refractivity contribution >= 4 is 22.8 Å². The van der Waals surface area contributed by atoms with Crippen LogP contribution >= 0.6 is 0 Å². The van der Waals surface area contributed by atoms with Crippen LogP contribution in [-0.2, 0) is 11.2 Å². The van der Waals surface area contributed by atoms with Gasteiger partial charge in [-0.2, -0.15) is 5.10 Å². The molecular weight excluding hydrogens is 406 g/mol. The Kier molecular flexibility index (Phi) is 6.39. The van der Waals surface area contributed by atoms with Crippen LogP contribution in [-0.4, -0.2) is 45.8 Å². The average molecular weight is 436 g/mol. The zero-order chi connectivity index (χ0) is 22.7. The van der Waals surface area contributed by atoms with Crippen LogP contribution in [0.5, 0.6) is 5.75 Å². The number of fused-ring (bicyclic) bond motifs is 1. The number of nitrogens with one attached hydrogen (secondary N) is 2. The molecule has 1 aliphatic rings. The van der Waals surface area contributed by atoms with Crippen LogP contribution in [0.4, 0.5) is 0 Å². The molecular formula is C24H29N5O3. The lowest BCUT2D eigenvalue weighted by Crippen LogP contribution is -2.30. The van der Waals surface area contributed by atoms with Gasteiger partial charge in [-0.1, -0.05) is 12.1 Å². The lowest BCUT2D eigenvalue weighted by atomic mass is 10.1. The van der Waals surface area contributed by atoms with E-state index < -0.39 is 0 Å². The highest BCUT2D eigenvalue weighted by Gasteiger charge is 2.23. The average Bonchev–Trinajstić information content (AvgIpc) is 3.48. The first-order valence-corrected chi connectivity index (χ1v) is 11.0. The third-order valence-corrected chi connectivity index (χ3v) is 5.43. The van der Waals surface area contributed by atoms with Gasteiger partial charge in [-0.25, -0.2) is 9.67 Å². The summed E-state index contributed by atoms with van der Waals surface area (Å²) in [6.07, 6.45) is 4.56. The minimum atomic E-state index is -0.143. The van der Waals surface area contributed by atoms with E-state index in [0.29, 0.717) is 36.0 Å². The van der Waals surface area contributed by atoms with Crippen molar-refractivity contribution in [3.05, 3.63) is 53.3 Å². The number of pyridine rings is 1. The second-order valence-corrected chi connectivity index (χ2v) is 8.50. The number of carbonyl (C=O) groups is 2. The Morgan fingerprint density at radius 3 is 2.66 bits per heavy atom. The molecule has 1 aliphatic carbocycles. The van der Waals surface area contributed by atoms with Crippen molar-refractivity contribution in [3.8, 4) is 5.75 Å². The van der Waals surface area contributed by atoms with Crippen molar-refractivity contribution in [2.45, 2.75) is 52.1 Å². The van der Waals surface area contributed by atoms with Gasteiger partial charge in [-0.05, 0) is 63.8 Å². The van der Waals surface area contributed by atoms with E-state index in [0.717, 1.165) is 29.4 Å². The fourth-order valence-corrected chi connectivity index (χ4v) is 3.49. The number of aromatic nitrogens is 3. The predicted molar refractivity (Wildman–Crippen MR) is 122 cm³/mol. The summed E-state index contributed by atoms with van der Waals surface area (Å²) in [6, 6.07) is 9.97. The molecule has 3 aromatic rings. The van der Waals surface area contributed by atoms with Gasteiger partial charge in [-0.3, -0.25) is 9.59 Å². The zero-order valence-electron chi connectivity index (χ0n) is 18.7. The van der Waals surface area contributed by atoms with Crippen LogP contribution in [0.1, 0.15) is 54.3 Å². The van der Waals surface area contributed by atoms with Gasteiger partial charge >= 0.3 is 0 Å². The second kappa shape index (κ2) is 9.38. The molecule has 0 bridgehead atoms. The van der Waals surface area contributed by atoms with Gasteiger partial charge in [0.2, 0.25) is 0 Å². The number of benzene rings is 1. The van der Waals surface area contributed by atoms with Crippen LogP contribution < -0.4 is 15.4 Å². The molecule has 1 aromatic carbocycles. The van der Waals surface area contributed by atoms with Crippen molar-refractivity contribution in [3.63, 3.8) is 0 Å². The molecule has 8 heteroatoms. The van der Waals surface area contributed by atoms with E-state index in [1.54, 1.807) is 6.20 Å². The molecule has 2 amide bonds. The maximum atomic E-state index is 12.7. The first-order valence-electron chi connectivity index (χ1n) is 11.0. The molecule has 168 valence electrons. The SMILES string of the molecule is Cc1nc2c(cnn2C(C)C)cc1C(=O)NCCc1ccc(OCC(=O)NC2CC2)cc1. The summed E-state index contributed by atoms with van der Waals surface area (Å²) in [5, 5.41) is 11.1. The molecule has 8 nitrogen and oxygen atoms in total. The number of hydrogen-bond acceptors (Lipinski definition) is 5. The summed E-state index contributed by atoms with van der Waals surface area (Å²) in [7, 11) is 0. The minimum Gasteiger partial charge on any atom is -0.484 e. The number of nitrogens with zero attached hydrogens (tertiary/aromatic N) is 3. The normalized spacial score (nSPS) is 13.4. The maximum Gasteiger partial charge on any atom is 0.258 e. The number of carbonyl (C=O) groups excluding carboxylic acids is 2. The van der Waals surface area contributed by atoms with Gasteiger partial charge in [-0.15, -0.1) is 0 Å². The summed E-state index contributed by atoms with van der Waals surface area (Å²) in [5.41, 5.74) is 3.11. The van der Waals surface area contributed by atoms with Gasteiger partial charge in [0.05, 0.1) is 17.5 Å². The van der Waals surface area contributed by atoms with Gasteiger partial charge in [0.1, 0.15) is 5.75 Å². The van der Waals surface area contributed by atoms with E-state index in [9.17, 15) is 9.59 Å². The van der Waals surface area contributed by atoms with Gasteiger partial charge in [0.25, 0.3) is 11.8 Å². The highest BCUT2D eigenvalue weighted by atomic mass is 16.5. The fourth-order valence-electron chi connectivity index (χ4n) is 3.49. The first-order chi connectivity index (χ1) is 15.4. The summed E-state index contributed by atoms with van der Waals surface area (Å²) in [5.74, 6) is 0.426.